The molecule has 1 saturated heterocycles. The first-order valence-corrected chi connectivity index (χ1v) is 8.66. The van der Waals surface area contributed by atoms with E-state index in [-0.39, 0.29) is 43.5 Å². The number of amides is 2. The second-order valence-electron chi connectivity index (χ2n) is 6.80. The van der Waals surface area contributed by atoms with Crippen LogP contribution in [0.4, 0.5) is 0 Å². The van der Waals surface area contributed by atoms with E-state index in [9.17, 15) is 14.7 Å². The van der Waals surface area contributed by atoms with Crippen LogP contribution < -0.4 is 10.6 Å². The Kier molecular flexibility index (Phi) is 4.26. The third-order valence-corrected chi connectivity index (χ3v) is 5.25. The number of allylic oxidation sites excluding steroid dienone is 3. The Morgan fingerprint density at radius 3 is 2.96 bits per heavy atom. The van der Waals surface area contributed by atoms with Crippen LogP contribution in [0.25, 0.3) is 0 Å². The van der Waals surface area contributed by atoms with Crippen molar-refractivity contribution in [3.63, 3.8) is 0 Å². The number of nitrogens with one attached hydrogen (secondary N) is 2. The van der Waals surface area contributed by atoms with E-state index in [1.54, 1.807) is 17.0 Å². The lowest BCUT2D eigenvalue weighted by Gasteiger charge is -2.40. The van der Waals surface area contributed by atoms with Crippen LogP contribution in [0, 0.1) is 5.92 Å². The molecule has 3 N–H and O–H groups in total. The molecule has 7 nitrogen and oxygen atoms in total. The van der Waals surface area contributed by atoms with Gasteiger partial charge in [0.2, 0.25) is 5.91 Å². The van der Waals surface area contributed by atoms with Gasteiger partial charge in [-0.25, -0.2) is 0 Å². The number of phenols is 1. The summed E-state index contributed by atoms with van der Waals surface area (Å²) in [4.78, 5) is 27.4. The highest BCUT2D eigenvalue weighted by Crippen LogP contribution is 2.32. The molecule has 0 saturated carbocycles. The van der Waals surface area contributed by atoms with Crippen molar-refractivity contribution in [1.82, 2.24) is 15.5 Å². The molecule has 0 aromatic heterocycles. The molecule has 0 bridgehead atoms. The van der Waals surface area contributed by atoms with Crippen molar-refractivity contribution >= 4 is 11.8 Å². The molecule has 2 atom stereocenters. The maximum atomic E-state index is 13.0. The number of phenolic OH excluding ortho intramolecular Hbond substituents is 1. The Morgan fingerprint density at radius 1 is 1.27 bits per heavy atom. The molecule has 0 spiro atoms. The second kappa shape index (κ2) is 6.59. The molecule has 1 aromatic carbocycles. The SMILES string of the molecule is O=C1c2ccc(O)cc2CN1CC1(C2C=CC=CC2)NCOCNC1=O. The van der Waals surface area contributed by atoms with E-state index in [0.717, 1.165) is 5.56 Å². The number of rotatable bonds is 3. The van der Waals surface area contributed by atoms with Gasteiger partial charge in [0.1, 0.15) is 18.0 Å². The summed E-state index contributed by atoms with van der Waals surface area (Å²) in [5.41, 5.74) is 0.370. The molecule has 136 valence electrons. The lowest BCUT2D eigenvalue weighted by molar-refractivity contribution is -0.129. The Morgan fingerprint density at radius 2 is 2.15 bits per heavy atom. The molecule has 2 heterocycles. The highest BCUT2D eigenvalue weighted by atomic mass is 16.5. The van der Waals surface area contributed by atoms with Crippen molar-refractivity contribution < 1.29 is 19.4 Å². The van der Waals surface area contributed by atoms with Gasteiger partial charge in [0, 0.05) is 24.6 Å². The summed E-state index contributed by atoms with van der Waals surface area (Å²) in [6, 6.07) is 4.74. The van der Waals surface area contributed by atoms with Crippen molar-refractivity contribution in [3.05, 3.63) is 53.6 Å². The normalized spacial score (nSPS) is 28.0. The number of carbonyl (C=O) groups excluding carboxylic acids is 2. The fourth-order valence-corrected chi connectivity index (χ4v) is 3.87. The quantitative estimate of drug-likeness (QED) is 0.748. The van der Waals surface area contributed by atoms with Gasteiger partial charge < -0.3 is 20.1 Å². The summed E-state index contributed by atoms with van der Waals surface area (Å²) in [6.07, 6.45) is 8.60. The van der Waals surface area contributed by atoms with Gasteiger partial charge in [-0.2, -0.15) is 0 Å². The van der Waals surface area contributed by atoms with Crippen molar-refractivity contribution in [2.75, 3.05) is 20.0 Å². The van der Waals surface area contributed by atoms with Crippen LogP contribution in [-0.2, 0) is 16.1 Å². The lowest BCUT2D eigenvalue weighted by Crippen LogP contribution is -2.65. The number of hydrogen-bond acceptors (Lipinski definition) is 5. The largest absolute Gasteiger partial charge is 0.508 e. The van der Waals surface area contributed by atoms with Crippen LogP contribution in [0.1, 0.15) is 22.3 Å². The highest BCUT2D eigenvalue weighted by Gasteiger charge is 2.48. The monoisotopic (exact) mass is 355 g/mol. The van der Waals surface area contributed by atoms with Crippen molar-refractivity contribution in [3.8, 4) is 5.75 Å². The minimum Gasteiger partial charge on any atom is -0.508 e. The van der Waals surface area contributed by atoms with Gasteiger partial charge >= 0.3 is 0 Å². The topological polar surface area (TPSA) is 90.9 Å². The first-order chi connectivity index (χ1) is 12.6. The average molecular weight is 355 g/mol. The van der Waals surface area contributed by atoms with Crippen molar-refractivity contribution in [2.45, 2.75) is 18.5 Å². The van der Waals surface area contributed by atoms with Gasteiger partial charge in [0.05, 0.1) is 6.73 Å². The van der Waals surface area contributed by atoms with E-state index in [2.05, 4.69) is 10.6 Å². The molecule has 3 aliphatic rings. The summed E-state index contributed by atoms with van der Waals surface area (Å²) in [5.74, 6) is -0.271. The van der Waals surface area contributed by atoms with Gasteiger partial charge in [-0.15, -0.1) is 0 Å². The summed E-state index contributed by atoms with van der Waals surface area (Å²) in [5, 5.41) is 15.7. The number of ether oxygens (including phenoxy) is 1. The van der Waals surface area contributed by atoms with E-state index in [1.807, 2.05) is 24.3 Å². The molecule has 4 rings (SSSR count). The van der Waals surface area contributed by atoms with Gasteiger partial charge in [-0.3, -0.25) is 14.9 Å². The Labute approximate surface area is 151 Å². The smallest absolute Gasteiger partial charge is 0.254 e. The van der Waals surface area contributed by atoms with E-state index in [0.29, 0.717) is 18.5 Å². The number of aromatic hydroxyl groups is 1. The molecule has 2 unspecified atom stereocenters. The van der Waals surface area contributed by atoms with Crippen LogP contribution in [0.3, 0.4) is 0 Å². The average Bonchev–Trinajstić information content (AvgIpc) is 2.82. The lowest BCUT2D eigenvalue weighted by atomic mass is 9.78. The molecule has 1 aliphatic carbocycles. The summed E-state index contributed by atoms with van der Waals surface area (Å²) < 4.78 is 5.36. The zero-order valence-electron chi connectivity index (χ0n) is 14.3. The minimum atomic E-state index is -0.975. The zero-order chi connectivity index (χ0) is 18.1. The highest BCUT2D eigenvalue weighted by molar-refractivity contribution is 5.99. The molecule has 7 heteroatoms. The molecular weight excluding hydrogens is 334 g/mol. The Balaban J connectivity index is 1.65. The van der Waals surface area contributed by atoms with E-state index in [1.165, 1.54) is 6.07 Å². The predicted molar refractivity (Wildman–Crippen MR) is 94.1 cm³/mol. The minimum absolute atomic E-state index is 0.0980. The van der Waals surface area contributed by atoms with Gasteiger partial charge in [0.15, 0.2) is 0 Å². The summed E-state index contributed by atoms with van der Waals surface area (Å²) in [6.45, 7) is 0.955. The third-order valence-electron chi connectivity index (χ3n) is 5.25. The van der Waals surface area contributed by atoms with E-state index < -0.39 is 5.54 Å². The summed E-state index contributed by atoms with van der Waals surface area (Å²) >= 11 is 0. The predicted octanol–water partition coefficient (Wildman–Crippen LogP) is 0.870. The Hall–Kier alpha value is -2.64. The van der Waals surface area contributed by atoms with Crippen LogP contribution in [0.15, 0.2) is 42.5 Å². The van der Waals surface area contributed by atoms with Gasteiger partial charge in [0.25, 0.3) is 5.91 Å². The molecule has 1 fully saturated rings. The van der Waals surface area contributed by atoms with Crippen LogP contribution in [-0.4, -0.2) is 47.4 Å². The molecule has 2 aliphatic heterocycles. The first-order valence-electron chi connectivity index (χ1n) is 8.66. The van der Waals surface area contributed by atoms with Gasteiger partial charge in [-0.05, 0) is 30.2 Å². The van der Waals surface area contributed by atoms with Crippen LogP contribution in [0.2, 0.25) is 0 Å². The standard InChI is InChI=1S/C19H21N3O4/c23-15-6-7-16-13(8-15)9-22(17(16)24)10-19(14-4-2-1-3-5-14)18(25)20-11-26-12-21-19/h1-4,6-8,14,21,23H,5,9-12H2,(H,20,25). The molecule has 1 aromatic rings. The molecule has 26 heavy (non-hydrogen) atoms. The zero-order valence-corrected chi connectivity index (χ0v) is 14.3. The van der Waals surface area contributed by atoms with E-state index >= 15 is 0 Å². The third kappa shape index (κ3) is 2.79. The van der Waals surface area contributed by atoms with Crippen molar-refractivity contribution in [2.24, 2.45) is 5.92 Å². The maximum absolute atomic E-state index is 13.0. The number of nitrogens with zero attached hydrogens (tertiary/aromatic N) is 1. The van der Waals surface area contributed by atoms with Crippen LogP contribution in [0.5, 0.6) is 5.75 Å². The number of hydrogen-bond donors (Lipinski definition) is 3. The Bertz CT molecular complexity index is 804. The van der Waals surface area contributed by atoms with E-state index in [4.69, 9.17) is 4.74 Å². The van der Waals surface area contributed by atoms with Crippen LogP contribution >= 0.6 is 0 Å². The first kappa shape index (κ1) is 16.8. The summed E-state index contributed by atoms with van der Waals surface area (Å²) in [7, 11) is 0. The molecular formula is C19H21N3O4. The number of fused-ring (bicyclic) bond motifs is 1. The van der Waals surface area contributed by atoms with Gasteiger partial charge in [-0.1, -0.05) is 24.3 Å². The number of benzene rings is 1. The molecule has 0 radical (unpaired) electrons. The van der Waals surface area contributed by atoms with Crippen molar-refractivity contribution in [1.29, 1.82) is 0 Å². The second-order valence-corrected chi connectivity index (χ2v) is 6.80. The fraction of sp³-hybridized carbons (Fsp3) is 0.368. The number of carbonyl (C=O) groups is 2. The fourth-order valence-electron chi connectivity index (χ4n) is 3.87. The molecule has 2 amide bonds. The maximum Gasteiger partial charge on any atom is 0.254 e.